The Bertz CT molecular complexity index is 711. The van der Waals surface area contributed by atoms with E-state index in [-0.39, 0.29) is 0 Å². The van der Waals surface area contributed by atoms with Gasteiger partial charge in [0.25, 0.3) is 0 Å². The van der Waals surface area contributed by atoms with E-state index in [9.17, 15) is 0 Å². The van der Waals surface area contributed by atoms with Crippen LogP contribution in [0, 0.1) is 0 Å². The molecule has 0 saturated heterocycles. The first kappa shape index (κ1) is 9.77. The van der Waals surface area contributed by atoms with E-state index in [2.05, 4.69) is 15.0 Å². The van der Waals surface area contributed by atoms with Crippen molar-refractivity contribution < 1.29 is 4.74 Å². The number of nitrogens with zero attached hydrogens (tertiary/aromatic N) is 3. The van der Waals surface area contributed by atoms with Crippen LogP contribution in [0.25, 0.3) is 21.9 Å². The highest BCUT2D eigenvalue weighted by Crippen LogP contribution is 2.24. The van der Waals surface area contributed by atoms with Crippen LogP contribution in [0.3, 0.4) is 0 Å². The molecule has 0 radical (unpaired) electrons. The number of ether oxygens (including phenoxy) is 1. The molecule has 2 N–H and O–H groups in total. The van der Waals surface area contributed by atoms with Gasteiger partial charge >= 0.3 is 0 Å². The third-order valence-corrected chi connectivity index (χ3v) is 2.66. The van der Waals surface area contributed by atoms with Crippen molar-refractivity contribution in [3.63, 3.8) is 0 Å². The highest BCUT2D eigenvalue weighted by molar-refractivity contribution is 5.95. The number of hydrogen-bond donors (Lipinski definition) is 1. The smallest absolute Gasteiger partial charge is 0.165 e. The van der Waals surface area contributed by atoms with Crippen molar-refractivity contribution in [1.82, 2.24) is 15.0 Å². The molecule has 0 atom stereocenters. The second-order valence-corrected chi connectivity index (χ2v) is 3.68. The summed E-state index contributed by atoms with van der Waals surface area (Å²) in [4.78, 5) is 12.5. The lowest BCUT2D eigenvalue weighted by Crippen LogP contribution is -1.95. The maximum atomic E-state index is 5.79. The molecule has 2 heterocycles. The van der Waals surface area contributed by atoms with Gasteiger partial charge in [-0.05, 0) is 18.2 Å². The zero-order chi connectivity index (χ0) is 11.8. The number of nitrogens with two attached hydrogens (primary N) is 1. The zero-order valence-electron chi connectivity index (χ0n) is 9.21. The lowest BCUT2D eigenvalue weighted by Gasteiger charge is -2.04. The van der Waals surface area contributed by atoms with Crippen LogP contribution in [0.4, 0.5) is 5.82 Å². The van der Waals surface area contributed by atoms with E-state index in [1.165, 1.54) is 6.33 Å². The summed E-state index contributed by atoms with van der Waals surface area (Å²) in [6.07, 6.45) is 1.41. The Morgan fingerprint density at radius 1 is 1.18 bits per heavy atom. The van der Waals surface area contributed by atoms with Gasteiger partial charge in [0.2, 0.25) is 0 Å². The topological polar surface area (TPSA) is 73.9 Å². The van der Waals surface area contributed by atoms with E-state index in [0.29, 0.717) is 11.5 Å². The fraction of sp³-hybridized carbons (Fsp3) is 0.0833. The molecule has 0 unspecified atom stereocenters. The summed E-state index contributed by atoms with van der Waals surface area (Å²) in [5.41, 5.74) is 7.21. The Hall–Kier alpha value is -2.43. The summed E-state index contributed by atoms with van der Waals surface area (Å²) >= 11 is 0. The first-order valence-electron chi connectivity index (χ1n) is 5.13. The molecule has 2 aromatic heterocycles. The standard InChI is InChI=1S/C12H10N4O/c1-17-8-3-2-7-4-9-11(13)14-6-15-12(9)16-10(7)5-8/h2-6H,1H3,(H2,13,14,15,16). The van der Waals surface area contributed by atoms with Crippen LogP contribution in [0.15, 0.2) is 30.6 Å². The summed E-state index contributed by atoms with van der Waals surface area (Å²) in [5, 5.41) is 1.75. The normalized spacial score (nSPS) is 10.9. The number of hydrogen-bond acceptors (Lipinski definition) is 5. The van der Waals surface area contributed by atoms with Crippen molar-refractivity contribution in [1.29, 1.82) is 0 Å². The lowest BCUT2D eigenvalue weighted by atomic mass is 10.1. The molecule has 0 saturated carbocycles. The van der Waals surface area contributed by atoms with Crippen molar-refractivity contribution in [3.8, 4) is 5.75 Å². The molecular weight excluding hydrogens is 216 g/mol. The van der Waals surface area contributed by atoms with Gasteiger partial charge in [-0.3, -0.25) is 0 Å². The number of benzene rings is 1. The van der Waals surface area contributed by atoms with Gasteiger partial charge in [-0.15, -0.1) is 0 Å². The molecule has 3 aromatic rings. The van der Waals surface area contributed by atoms with Crippen LogP contribution in [0.2, 0.25) is 0 Å². The molecule has 0 fully saturated rings. The molecule has 5 heteroatoms. The van der Waals surface area contributed by atoms with Gasteiger partial charge in [-0.2, -0.15) is 0 Å². The lowest BCUT2D eigenvalue weighted by molar-refractivity contribution is 0.415. The molecule has 1 aromatic carbocycles. The fourth-order valence-electron chi connectivity index (χ4n) is 1.77. The number of fused-ring (bicyclic) bond motifs is 2. The van der Waals surface area contributed by atoms with Crippen molar-refractivity contribution in [2.24, 2.45) is 0 Å². The predicted octanol–water partition coefficient (Wildman–Crippen LogP) is 1.77. The Morgan fingerprint density at radius 2 is 2.06 bits per heavy atom. The third kappa shape index (κ3) is 1.52. The summed E-state index contributed by atoms with van der Waals surface area (Å²) in [7, 11) is 1.63. The summed E-state index contributed by atoms with van der Waals surface area (Å²) in [6, 6.07) is 7.63. The third-order valence-electron chi connectivity index (χ3n) is 2.66. The Balaban J connectivity index is 2.39. The van der Waals surface area contributed by atoms with Crippen molar-refractivity contribution in [3.05, 3.63) is 30.6 Å². The van der Waals surface area contributed by atoms with Gasteiger partial charge in [0.1, 0.15) is 17.9 Å². The first-order chi connectivity index (χ1) is 8.28. The molecular formula is C12H10N4O. The second kappa shape index (κ2) is 3.55. The van der Waals surface area contributed by atoms with E-state index in [4.69, 9.17) is 10.5 Å². The van der Waals surface area contributed by atoms with Crippen LogP contribution in [0.5, 0.6) is 5.75 Å². The predicted molar refractivity (Wildman–Crippen MR) is 65.8 cm³/mol. The number of anilines is 1. The van der Waals surface area contributed by atoms with Gasteiger partial charge in [-0.1, -0.05) is 0 Å². The highest BCUT2D eigenvalue weighted by Gasteiger charge is 2.05. The van der Waals surface area contributed by atoms with Gasteiger partial charge < -0.3 is 10.5 Å². The van der Waals surface area contributed by atoms with Crippen molar-refractivity contribution in [2.75, 3.05) is 12.8 Å². The molecule has 3 rings (SSSR count). The highest BCUT2D eigenvalue weighted by atomic mass is 16.5. The molecule has 17 heavy (non-hydrogen) atoms. The van der Waals surface area contributed by atoms with Crippen LogP contribution in [0.1, 0.15) is 0 Å². The fourth-order valence-corrected chi connectivity index (χ4v) is 1.77. The van der Waals surface area contributed by atoms with E-state index in [0.717, 1.165) is 22.0 Å². The zero-order valence-corrected chi connectivity index (χ0v) is 9.21. The van der Waals surface area contributed by atoms with Gasteiger partial charge in [0, 0.05) is 11.5 Å². The van der Waals surface area contributed by atoms with Gasteiger partial charge in [0.15, 0.2) is 5.65 Å². The Morgan fingerprint density at radius 3 is 2.88 bits per heavy atom. The SMILES string of the molecule is COc1ccc2cc3c(N)ncnc3nc2c1. The largest absolute Gasteiger partial charge is 0.497 e. The molecule has 5 nitrogen and oxygen atoms in total. The van der Waals surface area contributed by atoms with Crippen molar-refractivity contribution in [2.45, 2.75) is 0 Å². The molecule has 0 amide bonds. The summed E-state index contributed by atoms with van der Waals surface area (Å²) in [6.45, 7) is 0. The molecule has 0 aliphatic heterocycles. The van der Waals surface area contributed by atoms with E-state index >= 15 is 0 Å². The van der Waals surface area contributed by atoms with Gasteiger partial charge in [0.05, 0.1) is 18.0 Å². The number of nitrogen functional groups attached to an aromatic ring is 1. The summed E-state index contributed by atoms with van der Waals surface area (Å²) in [5.74, 6) is 1.21. The average molecular weight is 226 g/mol. The number of methoxy groups -OCH3 is 1. The minimum Gasteiger partial charge on any atom is -0.497 e. The van der Waals surface area contributed by atoms with Crippen LogP contribution in [-0.2, 0) is 0 Å². The average Bonchev–Trinajstić information content (AvgIpc) is 2.36. The number of aromatic nitrogens is 3. The van der Waals surface area contributed by atoms with Crippen LogP contribution in [-0.4, -0.2) is 22.1 Å². The molecule has 0 aliphatic carbocycles. The Labute approximate surface area is 97.3 Å². The van der Waals surface area contributed by atoms with E-state index in [1.807, 2.05) is 24.3 Å². The minimum absolute atomic E-state index is 0.445. The van der Waals surface area contributed by atoms with E-state index < -0.39 is 0 Å². The molecule has 0 bridgehead atoms. The molecule has 0 aliphatic rings. The maximum absolute atomic E-state index is 5.79. The maximum Gasteiger partial charge on any atom is 0.165 e. The summed E-state index contributed by atoms with van der Waals surface area (Å²) < 4.78 is 5.16. The first-order valence-corrected chi connectivity index (χ1v) is 5.13. The molecule has 0 spiro atoms. The van der Waals surface area contributed by atoms with Gasteiger partial charge in [-0.25, -0.2) is 15.0 Å². The minimum atomic E-state index is 0.445. The monoisotopic (exact) mass is 226 g/mol. The van der Waals surface area contributed by atoms with E-state index in [1.54, 1.807) is 7.11 Å². The Kier molecular flexibility index (Phi) is 2.04. The van der Waals surface area contributed by atoms with Crippen molar-refractivity contribution >= 4 is 27.8 Å². The number of rotatable bonds is 1. The van der Waals surface area contributed by atoms with Crippen LogP contribution >= 0.6 is 0 Å². The second-order valence-electron chi connectivity index (χ2n) is 3.68. The number of pyridine rings is 1. The molecule has 84 valence electrons. The quantitative estimate of drug-likeness (QED) is 0.640. The van der Waals surface area contributed by atoms with Crippen LogP contribution < -0.4 is 10.5 Å².